The molecule has 0 aliphatic rings. The molecule has 11 rings (SSSR count). The van der Waals surface area contributed by atoms with Crippen molar-refractivity contribution in [1.82, 2.24) is 4.57 Å². The second kappa shape index (κ2) is 16.1. The molecular formula is C60H42N2. The average Bonchev–Trinajstić information content (AvgIpc) is 3.70. The van der Waals surface area contributed by atoms with Crippen molar-refractivity contribution >= 4 is 38.9 Å². The Hall–Kier alpha value is -8.20. The summed E-state index contributed by atoms with van der Waals surface area (Å²) in [5, 5.41) is 2.48. The van der Waals surface area contributed by atoms with E-state index >= 15 is 0 Å². The summed E-state index contributed by atoms with van der Waals surface area (Å²) in [5.41, 5.74) is 18.8. The van der Waals surface area contributed by atoms with E-state index in [0.29, 0.717) is 0 Å². The molecule has 2 nitrogen and oxygen atoms in total. The van der Waals surface area contributed by atoms with E-state index in [-0.39, 0.29) is 0 Å². The van der Waals surface area contributed by atoms with Gasteiger partial charge in [0, 0.05) is 33.5 Å². The lowest BCUT2D eigenvalue weighted by molar-refractivity contribution is 1.18. The van der Waals surface area contributed by atoms with Crippen LogP contribution in [-0.4, -0.2) is 4.57 Å². The Morgan fingerprint density at radius 1 is 0.258 bits per heavy atom. The fraction of sp³-hybridized carbons (Fsp3) is 0. The Labute approximate surface area is 362 Å². The molecule has 10 aromatic carbocycles. The van der Waals surface area contributed by atoms with E-state index in [4.69, 9.17) is 0 Å². The van der Waals surface area contributed by atoms with Gasteiger partial charge >= 0.3 is 0 Å². The molecule has 11 aromatic rings. The molecule has 0 amide bonds. The monoisotopic (exact) mass is 790 g/mol. The third kappa shape index (κ3) is 6.94. The van der Waals surface area contributed by atoms with Gasteiger partial charge in [0.15, 0.2) is 0 Å². The van der Waals surface area contributed by atoms with E-state index in [1.807, 2.05) is 0 Å². The zero-order chi connectivity index (χ0) is 41.2. The molecule has 292 valence electrons. The van der Waals surface area contributed by atoms with Crippen molar-refractivity contribution in [2.24, 2.45) is 0 Å². The molecule has 0 atom stereocenters. The molecule has 0 aliphatic heterocycles. The summed E-state index contributed by atoms with van der Waals surface area (Å²) in [7, 11) is 0. The Kier molecular flexibility index (Phi) is 9.57. The molecule has 62 heavy (non-hydrogen) atoms. The minimum Gasteiger partial charge on any atom is -0.310 e. The lowest BCUT2D eigenvalue weighted by Gasteiger charge is -2.26. The predicted octanol–water partition coefficient (Wildman–Crippen LogP) is 16.6. The molecule has 1 heterocycles. The van der Waals surface area contributed by atoms with Crippen LogP contribution in [-0.2, 0) is 0 Å². The third-order valence-electron chi connectivity index (χ3n) is 12.0. The highest BCUT2D eigenvalue weighted by atomic mass is 15.1. The number of benzene rings is 10. The molecule has 0 unspecified atom stereocenters. The Morgan fingerprint density at radius 2 is 0.645 bits per heavy atom. The first-order valence-corrected chi connectivity index (χ1v) is 21.3. The molecule has 0 fully saturated rings. The van der Waals surface area contributed by atoms with Gasteiger partial charge in [0.25, 0.3) is 0 Å². The van der Waals surface area contributed by atoms with Gasteiger partial charge in [-0.3, -0.25) is 0 Å². The first-order valence-electron chi connectivity index (χ1n) is 21.3. The van der Waals surface area contributed by atoms with Gasteiger partial charge in [0.2, 0.25) is 0 Å². The number of rotatable bonds is 9. The minimum atomic E-state index is 1.09. The van der Waals surface area contributed by atoms with Gasteiger partial charge in [0.05, 0.1) is 11.0 Å². The van der Waals surface area contributed by atoms with E-state index in [2.05, 4.69) is 264 Å². The highest BCUT2D eigenvalue weighted by molar-refractivity contribution is 6.16. The summed E-state index contributed by atoms with van der Waals surface area (Å²) in [6.07, 6.45) is 0. The Balaban J connectivity index is 0.998. The maximum atomic E-state index is 2.41. The molecule has 0 saturated carbocycles. The quantitative estimate of drug-likeness (QED) is 0.141. The average molecular weight is 791 g/mol. The maximum absolute atomic E-state index is 2.41. The summed E-state index contributed by atoms with van der Waals surface area (Å²) in [5.74, 6) is 0. The van der Waals surface area contributed by atoms with Gasteiger partial charge in [-0.25, -0.2) is 0 Å². The van der Waals surface area contributed by atoms with Crippen molar-refractivity contribution in [3.63, 3.8) is 0 Å². The first-order chi connectivity index (χ1) is 30.7. The molecular weight excluding hydrogens is 749 g/mol. The number of fused-ring (bicyclic) bond motifs is 3. The summed E-state index contributed by atoms with van der Waals surface area (Å²) in [6, 6.07) is 92.0. The maximum Gasteiger partial charge on any atom is 0.0547 e. The van der Waals surface area contributed by atoms with Crippen molar-refractivity contribution < 1.29 is 0 Å². The van der Waals surface area contributed by atoms with Crippen LogP contribution in [0.4, 0.5) is 17.1 Å². The third-order valence-corrected chi connectivity index (χ3v) is 12.0. The van der Waals surface area contributed by atoms with Crippen LogP contribution in [0.5, 0.6) is 0 Å². The summed E-state index contributed by atoms with van der Waals surface area (Å²) >= 11 is 0. The van der Waals surface area contributed by atoms with Gasteiger partial charge in [-0.1, -0.05) is 194 Å². The van der Waals surface area contributed by atoms with E-state index in [1.165, 1.54) is 71.9 Å². The summed E-state index contributed by atoms with van der Waals surface area (Å²) in [4.78, 5) is 2.37. The van der Waals surface area contributed by atoms with E-state index < -0.39 is 0 Å². The van der Waals surface area contributed by atoms with Crippen LogP contribution in [0.15, 0.2) is 255 Å². The molecule has 0 radical (unpaired) electrons. The first kappa shape index (κ1) is 36.8. The van der Waals surface area contributed by atoms with Crippen LogP contribution in [0.2, 0.25) is 0 Å². The van der Waals surface area contributed by atoms with Crippen molar-refractivity contribution in [2.45, 2.75) is 0 Å². The minimum absolute atomic E-state index is 1.09. The van der Waals surface area contributed by atoms with Crippen LogP contribution >= 0.6 is 0 Å². The van der Waals surface area contributed by atoms with Gasteiger partial charge in [-0.05, 0) is 116 Å². The van der Waals surface area contributed by atoms with E-state index in [0.717, 1.165) is 28.3 Å². The normalized spacial score (nSPS) is 11.2. The SMILES string of the molecule is c1ccc(-c2ccc(-c3ccc(N(c4ccc(-c5ccccc5)cc4)c4cccc(-c5cccc6c5c5ccccc5n6-c5ccc(-c6ccccc6)cc5)c4)cc3)cc2)cc1. The molecule has 2 heteroatoms. The van der Waals surface area contributed by atoms with E-state index in [9.17, 15) is 0 Å². The van der Waals surface area contributed by atoms with Gasteiger partial charge in [-0.2, -0.15) is 0 Å². The number of hydrogen-bond acceptors (Lipinski definition) is 1. The second-order valence-electron chi connectivity index (χ2n) is 15.8. The van der Waals surface area contributed by atoms with Crippen molar-refractivity contribution in [3.8, 4) is 61.3 Å². The zero-order valence-corrected chi connectivity index (χ0v) is 34.1. The molecule has 0 bridgehead atoms. The van der Waals surface area contributed by atoms with Gasteiger partial charge in [0.1, 0.15) is 0 Å². The number of hydrogen-bond donors (Lipinski definition) is 0. The predicted molar refractivity (Wildman–Crippen MR) is 263 cm³/mol. The van der Waals surface area contributed by atoms with Crippen molar-refractivity contribution in [2.75, 3.05) is 4.90 Å². The largest absolute Gasteiger partial charge is 0.310 e. The summed E-state index contributed by atoms with van der Waals surface area (Å²) in [6.45, 7) is 0. The number of aromatic nitrogens is 1. The smallest absolute Gasteiger partial charge is 0.0547 e. The van der Waals surface area contributed by atoms with Crippen molar-refractivity contribution in [1.29, 1.82) is 0 Å². The van der Waals surface area contributed by atoms with Crippen LogP contribution < -0.4 is 4.90 Å². The molecule has 1 aromatic heterocycles. The Bertz CT molecular complexity index is 3280. The topological polar surface area (TPSA) is 8.17 Å². The van der Waals surface area contributed by atoms with Gasteiger partial charge in [-0.15, -0.1) is 0 Å². The Morgan fingerprint density at radius 3 is 1.16 bits per heavy atom. The van der Waals surface area contributed by atoms with Crippen LogP contribution in [0, 0.1) is 0 Å². The highest BCUT2D eigenvalue weighted by Crippen LogP contribution is 2.42. The van der Waals surface area contributed by atoms with Crippen LogP contribution in [0.3, 0.4) is 0 Å². The number of para-hydroxylation sites is 1. The van der Waals surface area contributed by atoms with Crippen LogP contribution in [0.25, 0.3) is 83.1 Å². The molecule has 0 saturated heterocycles. The van der Waals surface area contributed by atoms with E-state index in [1.54, 1.807) is 0 Å². The fourth-order valence-electron chi connectivity index (χ4n) is 8.95. The molecule has 0 spiro atoms. The number of anilines is 3. The standard InChI is InChI=1S/C60H42N2/c1-4-14-43(15-5-1)46-26-28-47(29-27-46)50-32-38-53(39-33-50)61(52-36-30-48(31-37-52)44-16-6-2-7-17-44)55-21-12-20-51(42-55)56-23-13-25-59-60(56)57-22-10-11-24-58(57)62(59)54-40-34-49(35-41-54)45-18-8-3-9-19-45/h1-42H. The lowest BCUT2D eigenvalue weighted by atomic mass is 9.98. The second-order valence-corrected chi connectivity index (χ2v) is 15.8. The molecule has 0 aliphatic carbocycles. The lowest BCUT2D eigenvalue weighted by Crippen LogP contribution is -2.10. The zero-order valence-electron chi connectivity index (χ0n) is 34.1. The molecule has 0 N–H and O–H groups in total. The number of nitrogens with zero attached hydrogens (tertiary/aromatic N) is 2. The van der Waals surface area contributed by atoms with Crippen molar-refractivity contribution in [3.05, 3.63) is 255 Å². The summed E-state index contributed by atoms with van der Waals surface area (Å²) < 4.78 is 2.41. The van der Waals surface area contributed by atoms with Crippen LogP contribution in [0.1, 0.15) is 0 Å². The van der Waals surface area contributed by atoms with Gasteiger partial charge < -0.3 is 9.47 Å². The highest BCUT2D eigenvalue weighted by Gasteiger charge is 2.19. The fourth-order valence-corrected chi connectivity index (χ4v) is 8.95.